The highest BCUT2D eigenvalue weighted by Crippen LogP contribution is 2.30. The fourth-order valence-corrected chi connectivity index (χ4v) is 3.11. The lowest BCUT2D eigenvalue weighted by atomic mass is 10.1. The van der Waals surface area contributed by atoms with Crippen molar-refractivity contribution in [2.75, 3.05) is 10.6 Å². The molecule has 0 spiro atoms. The van der Waals surface area contributed by atoms with E-state index in [1.54, 1.807) is 36.4 Å². The molecule has 0 aliphatic rings. The molecule has 3 N–H and O–H groups in total. The van der Waals surface area contributed by atoms with Crippen molar-refractivity contribution in [3.8, 4) is 11.8 Å². The molecule has 3 aromatic carbocycles. The zero-order valence-corrected chi connectivity index (χ0v) is 15.8. The molecule has 5 nitrogen and oxygen atoms in total. The van der Waals surface area contributed by atoms with Gasteiger partial charge in [-0.25, -0.2) is 0 Å². The molecule has 0 aliphatic heterocycles. The van der Waals surface area contributed by atoms with E-state index in [-0.39, 0.29) is 11.3 Å². The number of anilines is 2. The van der Waals surface area contributed by atoms with E-state index in [1.165, 1.54) is 6.20 Å². The number of carbonyl (C=O) groups excluding carboxylic acids is 1. The molecule has 5 heteroatoms. The predicted octanol–water partition coefficient (Wildman–Crippen LogP) is 4.87. The summed E-state index contributed by atoms with van der Waals surface area (Å²) in [6.07, 6.45) is 2.27. The number of aromatic hydroxyl groups is 1. The number of fused-ring (bicyclic) bond motifs is 1. The number of nitrogens with zero attached hydrogens (tertiary/aromatic N) is 1. The van der Waals surface area contributed by atoms with Crippen molar-refractivity contribution in [3.05, 3.63) is 77.5 Å². The van der Waals surface area contributed by atoms with Gasteiger partial charge in [0.05, 0.1) is 0 Å². The molecule has 0 atom stereocenters. The monoisotopic (exact) mass is 371 g/mol. The summed E-state index contributed by atoms with van der Waals surface area (Å²) in [6.45, 7) is 4.03. The smallest absolute Gasteiger partial charge is 0.267 e. The summed E-state index contributed by atoms with van der Waals surface area (Å²) in [4.78, 5) is 12.6. The normalized spacial score (nSPS) is 11.1. The third-order valence-corrected chi connectivity index (χ3v) is 4.61. The molecule has 0 fully saturated rings. The summed E-state index contributed by atoms with van der Waals surface area (Å²) >= 11 is 0. The Morgan fingerprint density at radius 2 is 1.82 bits per heavy atom. The number of nitriles is 1. The van der Waals surface area contributed by atoms with Crippen LogP contribution in [0.15, 0.2) is 66.4 Å². The zero-order valence-electron chi connectivity index (χ0n) is 15.8. The van der Waals surface area contributed by atoms with Crippen molar-refractivity contribution in [2.24, 2.45) is 0 Å². The molecule has 140 valence electrons. The summed E-state index contributed by atoms with van der Waals surface area (Å²) < 4.78 is 0. The van der Waals surface area contributed by atoms with Crippen LogP contribution >= 0.6 is 0 Å². The highest BCUT2D eigenvalue weighted by Gasteiger charge is 2.12. The van der Waals surface area contributed by atoms with Gasteiger partial charge in [0.25, 0.3) is 5.91 Å². The minimum Gasteiger partial charge on any atom is -0.507 e. The first-order valence-corrected chi connectivity index (χ1v) is 9.02. The average Bonchev–Trinajstić information content (AvgIpc) is 2.70. The van der Waals surface area contributed by atoms with Crippen molar-refractivity contribution in [2.45, 2.75) is 20.3 Å². The van der Waals surface area contributed by atoms with Crippen LogP contribution in [-0.4, -0.2) is 11.0 Å². The van der Waals surface area contributed by atoms with Crippen LogP contribution in [0.5, 0.6) is 5.75 Å². The third-order valence-electron chi connectivity index (χ3n) is 4.61. The Kier molecular flexibility index (Phi) is 5.61. The molecule has 0 saturated heterocycles. The van der Waals surface area contributed by atoms with E-state index >= 15 is 0 Å². The van der Waals surface area contributed by atoms with Gasteiger partial charge in [-0.3, -0.25) is 4.79 Å². The molecular formula is C23H21N3O2. The largest absolute Gasteiger partial charge is 0.507 e. The molecule has 0 radical (unpaired) electrons. The van der Waals surface area contributed by atoms with Gasteiger partial charge in [0, 0.05) is 28.3 Å². The van der Waals surface area contributed by atoms with Crippen LogP contribution in [-0.2, 0) is 11.2 Å². The first-order valence-electron chi connectivity index (χ1n) is 9.02. The Morgan fingerprint density at radius 1 is 1.11 bits per heavy atom. The van der Waals surface area contributed by atoms with Gasteiger partial charge in [-0.15, -0.1) is 0 Å². The standard InChI is InChI=1S/C23H21N3O2/c1-3-16-8-4-7-15(2)22(16)25-14-17(13-24)23(28)26-20-11-5-10-19-18(20)9-6-12-21(19)27/h4-12,14,25,27H,3H2,1-2H3,(H,26,28)/b17-14-. The molecule has 3 rings (SSSR count). The van der Waals surface area contributed by atoms with Gasteiger partial charge in [0.15, 0.2) is 0 Å². The number of phenols is 1. The Bertz CT molecular complexity index is 1110. The second kappa shape index (κ2) is 8.28. The number of phenolic OH excluding ortho intramolecular Hbond substituents is 1. The molecule has 0 aliphatic carbocycles. The number of hydrogen-bond acceptors (Lipinski definition) is 4. The average molecular weight is 371 g/mol. The minimum atomic E-state index is -0.516. The lowest BCUT2D eigenvalue weighted by Crippen LogP contribution is -2.15. The third kappa shape index (κ3) is 3.81. The summed E-state index contributed by atoms with van der Waals surface area (Å²) in [6, 6.07) is 18.3. The van der Waals surface area contributed by atoms with Gasteiger partial charge in [0.2, 0.25) is 0 Å². The van der Waals surface area contributed by atoms with Crippen LogP contribution < -0.4 is 10.6 Å². The van der Waals surface area contributed by atoms with Crippen molar-refractivity contribution in [1.29, 1.82) is 5.26 Å². The van der Waals surface area contributed by atoms with Gasteiger partial charge in [0.1, 0.15) is 17.4 Å². The molecule has 0 bridgehead atoms. The van der Waals surface area contributed by atoms with Crippen molar-refractivity contribution >= 4 is 28.1 Å². The Hall–Kier alpha value is -3.78. The minimum absolute atomic E-state index is 0.0394. The van der Waals surface area contributed by atoms with E-state index in [4.69, 9.17) is 0 Å². The van der Waals surface area contributed by atoms with Crippen LogP contribution in [0.25, 0.3) is 10.8 Å². The first-order chi connectivity index (χ1) is 13.5. The second-order valence-electron chi connectivity index (χ2n) is 6.41. The Balaban J connectivity index is 1.87. The number of nitrogens with one attached hydrogen (secondary N) is 2. The van der Waals surface area contributed by atoms with Crippen molar-refractivity contribution in [1.82, 2.24) is 0 Å². The summed E-state index contributed by atoms with van der Waals surface area (Å²) in [7, 11) is 0. The summed E-state index contributed by atoms with van der Waals surface area (Å²) in [5.74, 6) is -0.379. The quantitative estimate of drug-likeness (QED) is 0.441. The number of para-hydroxylation sites is 1. The number of hydrogen-bond donors (Lipinski definition) is 3. The summed E-state index contributed by atoms with van der Waals surface area (Å²) in [5, 5.41) is 26.6. The van der Waals surface area contributed by atoms with Crippen molar-refractivity contribution in [3.63, 3.8) is 0 Å². The molecule has 1 amide bonds. The molecule has 0 saturated carbocycles. The Labute approximate surface area is 163 Å². The molecule has 3 aromatic rings. The van der Waals surface area contributed by atoms with E-state index in [1.807, 2.05) is 31.2 Å². The highest BCUT2D eigenvalue weighted by atomic mass is 16.3. The Morgan fingerprint density at radius 3 is 2.57 bits per heavy atom. The number of carbonyl (C=O) groups is 1. The van der Waals surface area contributed by atoms with Crippen molar-refractivity contribution < 1.29 is 9.90 Å². The van der Waals surface area contributed by atoms with E-state index in [9.17, 15) is 15.2 Å². The van der Waals surface area contributed by atoms with Crippen LogP contribution in [0.4, 0.5) is 11.4 Å². The SMILES string of the molecule is CCc1cccc(C)c1N/C=C(/C#N)C(=O)Nc1cccc2c(O)cccc12. The molecule has 0 unspecified atom stereocenters. The maximum Gasteiger partial charge on any atom is 0.267 e. The van der Waals surface area contributed by atoms with E-state index in [2.05, 4.69) is 17.6 Å². The molecule has 28 heavy (non-hydrogen) atoms. The van der Waals surface area contributed by atoms with E-state index < -0.39 is 5.91 Å². The second-order valence-corrected chi connectivity index (χ2v) is 6.41. The first kappa shape index (κ1) is 19.0. The van der Waals surface area contributed by atoms with Gasteiger partial charge < -0.3 is 15.7 Å². The van der Waals surface area contributed by atoms with Crippen LogP contribution in [0.2, 0.25) is 0 Å². The predicted molar refractivity (Wildman–Crippen MR) is 112 cm³/mol. The number of rotatable bonds is 5. The van der Waals surface area contributed by atoms with Gasteiger partial charge in [-0.2, -0.15) is 5.26 Å². The fourth-order valence-electron chi connectivity index (χ4n) is 3.11. The van der Waals surface area contributed by atoms with E-state index in [0.717, 1.165) is 23.2 Å². The summed E-state index contributed by atoms with van der Waals surface area (Å²) in [5.41, 5.74) is 3.55. The maximum absolute atomic E-state index is 12.6. The topological polar surface area (TPSA) is 85.2 Å². The van der Waals surface area contributed by atoms with Gasteiger partial charge >= 0.3 is 0 Å². The lowest BCUT2D eigenvalue weighted by Gasteiger charge is -2.12. The molecule has 0 aromatic heterocycles. The molecule has 0 heterocycles. The lowest BCUT2D eigenvalue weighted by molar-refractivity contribution is -0.112. The van der Waals surface area contributed by atoms with Crippen LogP contribution in [0, 0.1) is 18.3 Å². The molecular weight excluding hydrogens is 350 g/mol. The number of benzene rings is 3. The number of aryl methyl sites for hydroxylation is 2. The van der Waals surface area contributed by atoms with Gasteiger partial charge in [-0.05, 0) is 36.6 Å². The van der Waals surface area contributed by atoms with Gasteiger partial charge in [-0.1, -0.05) is 49.4 Å². The van der Waals surface area contributed by atoms with Crippen LogP contribution in [0.1, 0.15) is 18.1 Å². The maximum atomic E-state index is 12.6. The number of amides is 1. The van der Waals surface area contributed by atoms with Crippen LogP contribution in [0.3, 0.4) is 0 Å². The zero-order chi connectivity index (χ0) is 20.1. The fraction of sp³-hybridized carbons (Fsp3) is 0.130. The highest BCUT2D eigenvalue weighted by molar-refractivity contribution is 6.11. The van der Waals surface area contributed by atoms with E-state index in [0.29, 0.717) is 16.5 Å².